The maximum atomic E-state index is 13.1. The van der Waals surface area contributed by atoms with Gasteiger partial charge in [-0.3, -0.25) is 0 Å². The summed E-state index contributed by atoms with van der Waals surface area (Å²) in [7, 11) is 0. The van der Waals surface area contributed by atoms with E-state index in [1.54, 1.807) is 12.1 Å². The van der Waals surface area contributed by atoms with Crippen molar-refractivity contribution in [2.45, 2.75) is 52.0 Å². The molecule has 1 atom stereocenters. The zero-order valence-corrected chi connectivity index (χ0v) is 12.2. The fourth-order valence-electron chi connectivity index (χ4n) is 3.38. The van der Waals surface area contributed by atoms with Crippen LogP contribution < -0.4 is 5.32 Å². The highest BCUT2D eigenvalue weighted by Gasteiger charge is 2.27. The average molecular weight is 263 g/mol. The first-order valence-electron chi connectivity index (χ1n) is 7.73. The van der Waals surface area contributed by atoms with Crippen molar-refractivity contribution >= 4 is 0 Å². The van der Waals surface area contributed by atoms with Gasteiger partial charge in [-0.05, 0) is 48.9 Å². The standard InChI is InChI=1S/C17H26FN/c1-3-13-5-7-14(8-6-13)17(19-4-2)15-9-11-16(18)12-10-15/h9-14,17,19H,3-8H2,1-2H3. The highest BCUT2D eigenvalue weighted by molar-refractivity contribution is 5.21. The summed E-state index contributed by atoms with van der Waals surface area (Å²) in [6.45, 7) is 5.41. The molecule has 2 rings (SSSR count). The van der Waals surface area contributed by atoms with Crippen LogP contribution in [0.25, 0.3) is 0 Å². The van der Waals surface area contributed by atoms with Crippen molar-refractivity contribution in [3.63, 3.8) is 0 Å². The maximum absolute atomic E-state index is 13.1. The molecule has 0 spiro atoms. The van der Waals surface area contributed by atoms with Crippen molar-refractivity contribution in [3.05, 3.63) is 35.6 Å². The number of hydrogen-bond acceptors (Lipinski definition) is 1. The second-order valence-corrected chi connectivity index (χ2v) is 5.78. The van der Waals surface area contributed by atoms with Gasteiger partial charge in [0.1, 0.15) is 5.82 Å². The summed E-state index contributed by atoms with van der Waals surface area (Å²) >= 11 is 0. The number of hydrogen-bond donors (Lipinski definition) is 1. The third-order valence-corrected chi connectivity index (χ3v) is 4.59. The van der Waals surface area contributed by atoms with Gasteiger partial charge < -0.3 is 5.32 Å². The molecule has 1 aliphatic rings. The maximum Gasteiger partial charge on any atom is 0.123 e. The molecule has 1 fully saturated rings. The number of rotatable bonds is 5. The van der Waals surface area contributed by atoms with Gasteiger partial charge in [0.15, 0.2) is 0 Å². The summed E-state index contributed by atoms with van der Waals surface area (Å²) < 4.78 is 13.1. The second-order valence-electron chi connectivity index (χ2n) is 5.78. The Morgan fingerprint density at radius 2 is 1.74 bits per heavy atom. The van der Waals surface area contributed by atoms with Crippen LogP contribution in [0.15, 0.2) is 24.3 Å². The van der Waals surface area contributed by atoms with E-state index < -0.39 is 0 Å². The van der Waals surface area contributed by atoms with Crippen molar-refractivity contribution < 1.29 is 4.39 Å². The van der Waals surface area contributed by atoms with Crippen LogP contribution in [0.1, 0.15) is 57.6 Å². The minimum Gasteiger partial charge on any atom is -0.310 e. The van der Waals surface area contributed by atoms with Gasteiger partial charge in [-0.15, -0.1) is 0 Å². The fourth-order valence-corrected chi connectivity index (χ4v) is 3.38. The Hall–Kier alpha value is -0.890. The molecule has 1 saturated carbocycles. The smallest absolute Gasteiger partial charge is 0.123 e. The van der Waals surface area contributed by atoms with Gasteiger partial charge in [0.25, 0.3) is 0 Å². The van der Waals surface area contributed by atoms with E-state index in [0.717, 1.165) is 12.5 Å². The van der Waals surface area contributed by atoms with E-state index in [2.05, 4.69) is 19.2 Å². The zero-order valence-electron chi connectivity index (χ0n) is 12.2. The van der Waals surface area contributed by atoms with E-state index in [9.17, 15) is 4.39 Å². The molecule has 0 radical (unpaired) electrons. The summed E-state index contributed by atoms with van der Waals surface area (Å²) in [5, 5.41) is 3.60. The van der Waals surface area contributed by atoms with E-state index in [-0.39, 0.29) is 5.82 Å². The SMILES string of the molecule is CCNC(c1ccc(F)cc1)C1CCC(CC)CC1. The molecule has 0 aliphatic heterocycles. The normalized spacial score (nSPS) is 25.2. The van der Waals surface area contributed by atoms with Gasteiger partial charge in [0.05, 0.1) is 0 Å². The molecule has 0 heterocycles. The Bertz CT molecular complexity index is 365. The lowest BCUT2D eigenvalue weighted by Gasteiger charge is -2.34. The molecule has 106 valence electrons. The molecule has 1 nitrogen and oxygen atoms in total. The molecule has 2 heteroatoms. The molecular formula is C17H26FN. The van der Waals surface area contributed by atoms with Crippen molar-refractivity contribution in [1.29, 1.82) is 0 Å². The van der Waals surface area contributed by atoms with Gasteiger partial charge in [-0.2, -0.15) is 0 Å². The zero-order chi connectivity index (χ0) is 13.7. The van der Waals surface area contributed by atoms with Crippen molar-refractivity contribution in [1.82, 2.24) is 5.32 Å². The van der Waals surface area contributed by atoms with Gasteiger partial charge in [-0.1, -0.05) is 45.2 Å². The largest absolute Gasteiger partial charge is 0.310 e. The second kappa shape index (κ2) is 7.04. The molecule has 19 heavy (non-hydrogen) atoms. The Labute approximate surface area is 116 Å². The van der Waals surface area contributed by atoms with E-state index in [4.69, 9.17) is 0 Å². The first-order chi connectivity index (χ1) is 9.24. The number of benzene rings is 1. The van der Waals surface area contributed by atoms with Crippen LogP contribution in [-0.4, -0.2) is 6.54 Å². The summed E-state index contributed by atoms with van der Waals surface area (Å²) in [5.74, 6) is 1.48. The van der Waals surface area contributed by atoms with Crippen LogP contribution in [0.4, 0.5) is 4.39 Å². The number of halogens is 1. The lowest BCUT2D eigenvalue weighted by molar-refractivity contribution is 0.220. The van der Waals surface area contributed by atoms with Gasteiger partial charge >= 0.3 is 0 Å². The van der Waals surface area contributed by atoms with Crippen LogP contribution in [0.3, 0.4) is 0 Å². The van der Waals surface area contributed by atoms with Gasteiger partial charge in [-0.25, -0.2) is 4.39 Å². The molecule has 0 saturated heterocycles. The molecule has 1 aliphatic carbocycles. The van der Waals surface area contributed by atoms with Crippen LogP contribution in [0.5, 0.6) is 0 Å². The average Bonchev–Trinajstić information content (AvgIpc) is 2.46. The minimum absolute atomic E-state index is 0.145. The van der Waals surface area contributed by atoms with E-state index >= 15 is 0 Å². The van der Waals surface area contributed by atoms with Crippen LogP contribution in [0.2, 0.25) is 0 Å². The molecule has 1 aromatic rings. The monoisotopic (exact) mass is 263 g/mol. The highest BCUT2D eigenvalue weighted by Crippen LogP contribution is 2.37. The Balaban J connectivity index is 2.05. The summed E-state index contributed by atoms with van der Waals surface area (Å²) in [5.41, 5.74) is 1.24. The quantitative estimate of drug-likeness (QED) is 0.812. The fraction of sp³-hybridized carbons (Fsp3) is 0.647. The van der Waals surface area contributed by atoms with E-state index in [1.165, 1.54) is 37.7 Å². The molecule has 1 N–H and O–H groups in total. The Morgan fingerprint density at radius 3 is 2.26 bits per heavy atom. The van der Waals surface area contributed by atoms with E-state index in [0.29, 0.717) is 12.0 Å². The van der Waals surface area contributed by atoms with Crippen molar-refractivity contribution in [2.24, 2.45) is 11.8 Å². The lowest BCUT2D eigenvalue weighted by Crippen LogP contribution is -2.31. The summed E-state index contributed by atoms with van der Waals surface area (Å²) in [6, 6.07) is 7.43. The topological polar surface area (TPSA) is 12.0 Å². The van der Waals surface area contributed by atoms with Crippen LogP contribution in [0, 0.1) is 17.7 Å². The first-order valence-corrected chi connectivity index (χ1v) is 7.73. The molecule has 1 aromatic carbocycles. The number of nitrogens with one attached hydrogen (secondary N) is 1. The van der Waals surface area contributed by atoms with E-state index in [1.807, 2.05) is 12.1 Å². The minimum atomic E-state index is -0.145. The molecule has 0 bridgehead atoms. The molecule has 0 amide bonds. The predicted octanol–water partition coefficient (Wildman–Crippen LogP) is 4.69. The highest BCUT2D eigenvalue weighted by atomic mass is 19.1. The van der Waals surface area contributed by atoms with Crippen LogP contribution >= 0.6 is 0 Å². The van der Waals surface area contributed by atoms with Crippen molar-refractivity contribution in [3.8, 4) is 0 Å². The van der Waals surface area contributed by atoms with Crippen molar-refractivity contribution in [2.75, 3.05) is 6.54 Å². The molecular weight excluding hydrogens is 237 g/mol. The summed E-state index contributed by atoms with van der Waals surface area (Å²) in [4.78, 5) is 0. The van der Waals surface area contributed by atoms with Gasteiger partial charge in [0, 0.05) is 6.04 Å². The van der Waals surface area contributed by atoms with Crippen LogP contribution in [-0.2, 0) is 0 Å². The first kappa shape index (κ1) is 14.5. The predicted molar refractivity (Wildman–Crippen MR) is 78.6 cm³/mol. The van der Waals surface area contributed by atoms with Gasteiger partial charge in [0.2, 0.25) is 0 Å². The summed E-state index contributed by atoms with van der Waals surface area (Å²) in [6.07, 6.45) is 6.62. The Morgan fingerprint density at radius 1 is 1.11 bits per heavy atom. The molecule has 1 unspecified atom stereocenters. The Kier molecular flexibility index (Phi) is 5.38. The third-order valence-electron chi connectivity index (χ3n) is 4.59. The lowest BCUT2D eigenvalue weighted by atomic mass is 9.76. The molecule has 0 aromatic heterocycles. The third kappa shape index (κ3) is 3.79.